The minimum absolute atomic E-state index is 0.738. The van der Waals surface area contributed by atoms with E-state index >= 15 is 0 Å². The Labute approximate surface area is 112 Å². The van der Waals surface area contributed by atoms with Crippen molar-refractivity contribution in [2.45, 2.75) is 40.2 Å². The number of hydrogen-bond acceptors (Lipinski definition) is 3. The Bertz CT molecular complexity index is 555. The van der Waals surface area contributed by atoms with Crippen LogP contribution in [0, 0.1) is 20.8 Å². The van der Waals surface area contributed by atoms with Crippen molar-refractivity contribution >= 4 is 11.3 Å². The van der Waals surface area contributed by atoms with Crippen LogP contribution >= 0.6 is 11.3 Å². The molecule has 1 aromatic heterocycles. The monoisotopic (exact) mass is 261 g/mol. The van der Waals surface area contributed by atoms with Gasteiger partial charge < -0.3 is 5.11 Å². The summed E-state index contributed by atoms with van der Waals surface area (Å²) < 4.78 is 0. The van der Waals surface area contributed by atoms with Gasteiger partial charge in [0.15, 0.2) is 0 Å². The standard InChI is InChI=1S/C15H19NOS/c1-9-6-10(2)13(11(3)7-9)14-16-12(8-18-14)15(4,5)17/h6-8,17H,1-5H3. The van der Waals surface area contributed by atoms with E-state index in [1.165, 1.54) is 22.3 Å². The van der Waals surface area contributed by atoms with Crippen molar-refractivity contribution in [2.75, 3.05) is 0 Å². The van der Waals surface area contributed by atoms with Gasteiger partial charge in [0.1, 0.15) is 10.6 Å². The molecular weight excluding hydrogens is 242 g/mol. The zero-order chi connectivity index (χ0) is 13.5. The molecule has 1 heterocycles. The van der Waals surface area contributed by atoms with Gasteiger partial charge in [-0.3, -0.25) is 0 Å². The first kappa shape index (κ1) is 13.2. The first-order valence-electron chi connectivity index (χ1n) is 6.05. The summed E-state index contributed by atoms with van der Waals surface area (Å²) in [5.41, 5.74) is 4.81. The first-order chi connectivity index (χ1) is 8.29. The molecule has 96 valence electrons. The van der Waals surface area contributed by atoms with Crippen molar-refractivity contribution in [3.8, 4) is 10.6 Å². The molecule has 0 radical (unpaired) electrons. The van der Waals surface area contributed by atoms with Crippen LogP contribution in [0.4, 0.5) is 0 Å². The molecule has 0 amide bonds. The van der Waals surface area contributed by atoms with Crippen LogP contribution in [0.1, 0.15) is 36.2 Å². The van der Waals surface area contributed by atoms with Crippen LogP contribution in [0.5, 0.6) is 0 Å². The molecule has 18 heavy (non-hydrogen) atoms. The average molecular weight is 261 g/mol. The summed E-state index contributed by atoms with van der Waals surface area (Å²) in [6.45, 7) is 9.86. The highest BCUT2D eigenvalue weighted by Gasteiger charge is 2.21. The zero-order valence-electron chi connectivity index (χ0n) is 11.5. The maximum atomic E-state index is 9.98. The van der Waals surface area contributed by atoms with E-state index in [-0.39, 0.29) is 0 Å². The van der Waals surface area contributed by atoms with Crippen LogP contribution in [0.3, 0.4) is 0 Å². The summed E-state index contributed by atoms with van der Waals surface area (Å²) in [7, 11) is 0. The highest BCUT2D eigenvalue weighted by atomic mass is 32.1. The highest BCUT2D eigenvalue weighted by molar-refractivity contribution is 7.13. The summed E-state index contributed by atoms with van der Waals surface area (Å²) >= 11 is 1.59. The van der Waals surface area contributed by atoms with Crippen LogP contribution in [-0.2, 0) is 5.60 Å². The van der Waals surface area contributed by atoms with Crippen LogP contribution in [0.15, 0.2) is 17.5 Å². The molecule has 0 aliphatic rings. The Morgan fingerprint density at radius 3 is 2.11 bits per heavy atom. The van der Waals surface area contributed by atoms with Gasteiger partial charge in [0, 0.05) is 10.9 Å². The normalized spacial score (nSPS) is 11.9. The molecule has 0 aliphatic carbocycles. The van der Waals surface area contributed by atoms with Gasteiger partial charge in [-0.1, -0.05) is 17.7 Å². The molecule has 1 aromatic carbocycles. The van der Waals surface area contributed by atoms with E-state index in [1.54, 1.807) is 25.2 Å². The van der Waals surface area contributed by atoms with Crippen molar-refractivity contribution in [1.29, 1.82) is 0 Å². The average Bonchev–Trinajstić information content (AvgIpc) is 2.64. The fourth-order valence-electron chi connectivity index (χ4n) is 2.19. The van der Waals surface area contributed by atoms with Crippen LogP contribution in [0.25, 0.3) is 10.6 Å². The van der Waals surface area contributed by atoms with Crippen molar-refractivity contribution in [1.82, 2.24) is 4.98 Å². The second-order valence-corrected chi connectivity index (χ2v) is 6.23. The zero-order valence-corrected chi connectivity index (χ0v) is 12.4. The van der Waals surface area contributed by atoms with Crippen molar-refractivity contribution < 1.29 is 5.11 Å². The fourth-order valence-corrected chi connectivity index (χ4v) is 3.34. The van der Waals surface area contributed by atoms with E-state index in [0.29, 0.717) is 0 Å². The number of aromatic nitrogens is 1. The van der Waals surface area contributed by atoms with Gasteiger partial charge in [-0.25, -0.2) is 4.98 Å². The summed E-state index contributed by atoms with van der Waals surface area (Å²) in [6.07, 6.45) is 0. The Hall–Kier alpha value is -1.19. The molecule has 2 aromatic rings. The van der Waals surface area contributed by atoms with Gasteiger partial charge in [-0.05, 0) is 45.7 Å². The van der Waals surface area contributed by atoms with E-state index < -0.39 is 5.60 Å². The SMILES string of the molecule is Cc1cc(C)c(-c2nc(C(C)(C)O)cs2)c(C)c1. The summed E-state index contributed by atoms with van der Waals surface area (Å²) in [5, 5.41) is 12.9. The number of aliphatic hydroxyl groups is 1. The van der Waals surface area contributed by atoms with E-state index in [0.717, 1.165) is 10.7 Å². The molecule has 2 rings (SSSR count). The lowest BCUT2D eigenvalue weighted by Crippen LogP contribution is -2.15. The molecule has 0 atom stereocenters. The van der Waals surface area contributed by atoms with Gasteiger partial charge in [0.05, 0.1) is 5.69 Å². The van der Waals surface area contributed by atoms with E-state index in [1.807, 2.05) is 5.38 Å². The largest absolute Gasteiger partial charge is 0.384 e. The minimum atomic E-state index is -0.874. The van der Waals surface area contributed by atoms with Gasteiger partial charge in [-0.15, -0.1) is 11.3 Å². The summed E-state index contributed by atoms with van der Waals surface area (Å²) in [4.78, 5) is 4.57. The number of rotatable bonds is 2. The quantitative estimate of drug-likeness (QED) is 0.887. The maximum absolute atomic E-state index is 9.98. The Morgan fingerprint density at radius 2 is 1.67 bits per heavy atom. The topological polar surface area (TPSA) is 33.1 Å². The number of aryl methyl sites for hydroxylation is 3. The predicted molar refractivity (Wildman–Crippen MR) is 77.0 cm³/mol. The molecule has 2 nitrogen and oxygen atoms in total. The van der Waals surface area contributed by atoms with Gasteiger partial charge in [-0.2, -0.15) is 0 Å². The van der Waals surface area contributed by atoms with Crippen LogP contribution in [-0.4, -0.2) is 10.1 Å². The molecule has 0 saturated heterocycles. The molecule has 0 bridgehead atoms. The Balaban J connectivity index is 2.53. The molecule has 1 N–H and O–H groups in total. The Kier molecular flexibility index (Phi) is 3.30. The molecule has 3 heteroatoms. The van der Waals surface area contributed by atoms with Gasteiger partial charge in [0.2, 0.25) is 0 Å². The number of nitrogens with zero attached hydrogens (tertiary/aromatic N) is 1. The molecule has 0 fully saturated rings. The van der Waals surface area contributed by atoms with E-state index in [9.17, 15) is 5.11 Å². The minimum Gasteiger partial charge on any atom is -0.384 e. The molecule has 0 aliphatic heterocycles. The summed E-state index contributed by atoms with van der Waals surface area (Å²) in [6, 6.07) is 4.35. The number of hydrogen-bond donors (Lipinski definition) is 1. The number of thiazole rings is 1. The first-order valence-corrected chi connectivity index (χ1v) is 6.93. The lowest BCUT2D eigenvalue weighted by atomic mass is 10.0. The second kappa shape index (κ2) is 4.48. The molecule has 0 saturated carbocycles. The molecule has 0 unspecified atom stereocenters. The van der Waals surface area contributed by atoms with E-state index in [2.05, 4.69) is 37.9 Å². The molecular formula is C15H19NOS. The third-order valence-corrected chi connectivity index (χ3v) is 3.88. The van der Waals surface area contributed by atoms with Crippen LogP contribution in [0.2, 0.25) is 0 Å². The summed E-state index contributed by atoms with van der Waals surface area (Å²) in [5.74, 6) is 0. The van der Waals surface area contributed by atoms with E-state index in [4.69, 9.17) is 0 Å². The van der Waals surface area contributed by atoms with Crippen molar-refractivity contribution in [3.63, 3.8) is 0 Å². The fraction of sp³-hybridized carbons (Fsp3) is 0.400. The molecule has 0 spiro atoms. The maximum Gasteiger partial charge on any atom is 0.124 e. The van der Waals surface area contributed by atoms with Crippen molar-refractivity contribution in [3.05, 3.63) is 39.9 Å². The predicted octanol–water partition coefficient (Wildman–Crippen LogP) is 3.96. The van der Waals surface area contributed by atoms with Crippen molar-refractivity contribution in [2.24, 2.45) is 0 Å². The third kappa shape index (κ3) is 2.47. The van der Waals surface area contributed by atoms with Crippen LogP contribution < -0.4 is 0 Å². The smallest absolute Gasteiger partial charge is 0.124 e. The van der Waals surface area contributed by atoms with Gasteiger partial charge >= 0.3 is 0 Å². The van der Waals surface area contributed by atoms with Gasteiger partial charge in [0.25, 0.3) is 0 Å². The Morgan fingerprint density at radius 1 is 1.11 bits per heavy atom. The lowest BCUT2D eigenvalue weighted by Gasteiger charge is -2.13. The third-order valence-electron chi connectivity index (χ3n) is 3.02. The lowest BCUT2D eigenvalue weighted by molar-refractivity contribution is 0.0746. The number of benzene rings is 1. The second-order valence-electron chi connectivity index (χ2n) is 5.37. The highest BCUT2D eigenvalue weighted by Crippen LogP contribution is 2.33.